The number of rotatable bonds is 5. The number of hydrogen-bond donors (Lipinski definition) is 4. The third-order valence-electron chi connectivity index (χ3n) is 8.09. The molecule has 1 saturated heterocycles. The molecule has 1 aromatic heterocycles. The number of carbonyl (C=O) groups excluding carboxylic acids is 2. The van der Waals surface area contributed by atoms with Crippen molar-refractivity contribution in [3.05, 3.63) is 52.1 Å². The van der Waals surface area contributed by atoms with Crippen LogP contribution < -0.4 is 27.8 Å². The summed E-state index contributed by atoms with van der Waals surface area (Å²) in [5.74, 6) is 0.0558. The Morgan fingerprint density at radius 1 is 1.08 bits per heavy atom. The van der Waals surface area contributed by atoms with Gasteiger partial charge in [0.1, 0.15) is 5.82 Å². The molecule has 3 aliphatic rings. The van der Waals surface area contributed by atoms with Gasteiger partial charge in [-0.15, -0.1) is 0 Å². The molecule has 0 bridgehead atoms. The Balaban J connectivity index is 1.18. The van der Waals surface area contributed by atoms with Crippen LogP contribution in [0.15, 0.2) is 35.3 Å². The SMILES string of the molecule is CC(C)(N)C(=O)N1CCN(C(=O)Nc2ccn(-c3ccc4c(c3)CC(NC3CCC(N)([SiH3])C3)C4)c(=O)n2)CC1. The first-order chi connectivity index (χ1) is 18.4. The number of nitrogens with two attached hydrogens (primary N) is 2. The lowest BCUT2D eigenvalue weighted by atomic mass is 10.1. The molecular formula is C27H40N8O3Si. The summed E-state index contributed by atoms with van der Waals surface area (Å²) in [5.41, 5.74) is 14.2. The monoisotopic (exact) mass is 552 g/mol. The summed E-state index contributed by atoms with van der Waals surface area (Å²) in [6, 6.07) is 8.27. The van der Waals surface area contributed by atoms with Crippen molar-refractivity contribution >= 4 is 28.0 Å². The molecule has 210 valence electrons. The minimum Gasteiger partial charge on any atom is -0.338 e. The number of anilines is 1. The number of piperazine rings is 1. The Morgan fingerprint density at radius 2 is 1.77 bits per heavy atom. The van der Waals surface area contributed by atoms with Gasteiger partial charge in [-0.25, -0.2) is 9.59 Å². The van der Waals surface area contributed by atoms with Crippen molar-refractivity contribution in [1.29, 1.82) is 0 Å². The average molecular weight is 553 g/mol. The van der Waals surface area contributed by atoms with E-state index in [0.29, 0.717) is 38.3 Å². The number of hydrogen-bond acceptors (Lipinski definition) is 7. The molecule has 12 heteroatoms. The molecule has 3 unspecified atom stereocenters. The number of benzene rings is 1. The van der Waals surface area contributed by atoms with Gasteiger partial charge < -0.3 is 26.6 Å². The van der Waals surface area contributed by atoms with E-state index in [4.69, 9.17) is 11.5 Å². The highest BCUT2D eigenvalue weighted by molar-refractivity contribution is 6.15. The molecule has 3 amide bonds. The van der Waals surface area contributed by atoms with E-state index >= 15 is 0 Å². The fourth-order valence-corrected chi connectivity index (χ4v) is 6.78. The van der Waals surface area contributed by atoms with Crippen molar-refractivity contribution in [2.45, 2.75) is 68.7 Å². The van der Waals surface area contributed by atoms with Crippen molar-refractivity contribution in [1.82, 2.24) is 24.7 Å². The summed E-state index contributed by atoms with van der Waals surface area (Å²) < 4.78 is 1.50. The topological polar surface area (TPSA) is 152 Å². The third kappa shape index (κ3) is 6.24. The van der Waals surface area contributed by atoms with Gasteiger partial charge in [-0.3, -0.25) is 14.7 Å². The molecule has 0 radical (unpaired) electrons. The molecule has 1 aromatic carbocycles. The second kappa shape index (κ2) is 10.5. The first-order valence-corrected chi connectivity index (χ1v) is 14.8. The number of amides is 3. The quantitative estimate of drug-likeness (QED) is 0.357. The van der Waals surface area contributed by atoms with E-state index in [9.17, 15) is 14.4 Å². The predicted octanol–water partition coefficient (Wildman–Crippen LogP) is -0.724. The second-order valence-electron chi connectivity index (χ2n) is 12.2. The normalized spacial score (nSPS) is 25.1. The Bertz CT molecular complexity index is 1310. The Kier molecular flexibility index (Phi) is 7.40. The van der Waals surface area contributed by atoms with Gasteiger partial charge in [0.2, 0.25) is 5.91 Å². The Morgan fingerprint density at radius 3 is 2.41 bits per heavy atom. The molecule has 11 nitrogen and oxygen atoms in total. The lowest BCUT2D eigenvalue weighted by molar-refractivity contribution is -0.137. The maximum atomic E-state index is 12.9. The second-order valence-corrected chi connectivity index (χ2v) is 14.2. The van der Waals surface area contributed by atoms with E-state index in [1.165, 1.54) is 15.7 Å². The summed E-state index contributed by atoms with van der Waals surface area (Å²) in [7, 11) is 1.03. The van der Waals surface area contributed by atoms with Gasteiger partial charge >= 0.3 is 11.7 Å². The van der Waals surface area contributed by atoms with Crippen molar-refractivity contribution in [3.8, 4) is 5.69 Å². The summed E-state index contributed by atoms with van der Waals surface area (Å²) in [6.07, 6.45) is 6.86. The number of nitrogens with one attached hydrogen (secondary N) is 2. The fraction of sp³-hybridized carbons (Fsp3) is 0.556. The molecule has 39 heavy (non-hydrogen) atoms. The van der Waals surface area contributed by atoms with Crippen molar-refractivity contribution in [3.63, 3.8) is 0 Å². The minimum atomic E-state index is -0.945. The molecule has 1 aliphatic heterocycles. The summed E-state index contributed by atoms with van der Waals surface area (Å²) >= 11 is 0. The molecule has 2 aliphatic carbocycles. The highest BCUT2D eigenvalue weighted by Crippen LogP contribution is 2.29. The summed E-state index contributed by atoms with van der Waals surface area (Å²) in [4.78, 5) is 45.4. The van der Waals surface area contributed by atoms with Crippen LogP contribution in [0.25, 0.3) is 5.69 Å². The van der Waals surface area contributed by atoms with Crippen LogP contribution in [0.3, 0.4) is 0 Å². The van der Waals surface area contributed by atoms with Crippen LogP contribution in [0, 0.1) is 0 Å². The number of urea groups is 1. The first-order valence-electron chi connectivity index (χ1n) is 13.8. The zero-order valence-electron chi connectivity index (χ0n) is 23.1. The number of fused-ring (bicyclic) bond motifs is 1. The van der Waals surface area contributed by atoms with Crippen LogP contribution in [0.5, 0.6) is 0 Å². The van der Waals surface area contributed by atoms with Gasteiger partial charge in [0.05, 0.1) is 11.2 Å². The highest BCUT2D eigenvalue weighted by Gasteiger charge is 2.34. The van der Waals surface area contributed by atoms with Crippen LogP contribution in [0.4, 0.5) is 10.6 Å². The van der Waals surface area contributed by atoms with Crippen molar-refractivity contribution in [2.24, 2.45) is 11.5 Å². The van der Waals surface area contributed by atoms with Gasteiger partial charge in [0.25, 0.3) is 0 Å². The molecule has 2 aromatic rings. The molecule has 6 N–H and O–H groups in total. The van der Waals surface area contributed by atoms with Crippen molar-refractivity contribution in [2.75, 3.05) is 31.5 Å². The minimum absolute atomic E-state index is 0.0629. The van der Waals surface area contributed by atoms with E-state index in [1.807, 2.05) is 6.07 Å². The standard InChI is InChI=1S/C27H40N8O3Si/c1-26(2,28)23(36)33-9-11-34(12-10-33)24(37)31-22-6-8-35(25(38)32-22)21-4-3-17-13-20(14-18(17)15-21)30-19-5-7-27(29,39)16-19/h3-4,6,8,15,19-20,30H,5,7,9-14,16,28-29H2,1-2,39H3,(H,31,32,37,38). The van der Waals surface area contributed by atoms with Crippen LogP contribution in [0.1, 0.15) is 44.2 Å². The lowest BCUT2D eigenvalue weighted by Gasteiger charge is -2.37. The predicted molar refractivity (Wildman–Crippen MR) is 154 cm³/mol. The van der Waals surface area contributed by atoms with E-state index in [-0.39, 0.29) is 22.9 Å². The van der Waals surface area contributed by atoms with Crippen LogP contribution in [-0.2, 0) is 17.6 Å². The van der Waals surface area contributed by atoms with E-state index in [2.05, 4.69) is 27.8 Å². The number of aromatic nitrogens is 2. The number of nitrogens with zero attached hydrogens (tertiary/aromatic N) is 4. The van der Waals surface area contributed by atoms with Crippen LogP contribution >= 0.6 is 0 Å². The molecule has 1 saturated carbocycles. The molecule has 2 fully saturated rings. The van der Waals surface area contributed by atoms with Gasteiger partial charge in [-0.05, 0) is 80.4 Å². The molecule has 3 atom stereocenters. The van der Waals surface area contributed by atoms with E-state index < -0.39 is 11.2 Å². The van der Waals surface area contributed by atoms with Gasteiger partial charge in [0.15, 0.2) is 0 Å². The molecule has 5 rings (SSSR count). The summed E-state index contributed by atoms with van der Waals surface area (Å²) in [5, 5.41) is 6.59. The first kappa shape index (κ1) is 27.5. The smallest absolute Gasteiger partial charge is 0.338 e. The van der Waals surface area contributed by atoms with Crippen LogP contribution in [0.2, 0.25) is 0 Å². The molecular weight excluding hydrogens is 512 g/mol. The average Bonchev–Trinajstić information content (AvgIpc) is 3.44. The van der Waals surface area contributed by atoms with Crippen molar-refractivity contribution < 1.29 is 9.59 Å². The fourth-order valence-electron chi connectivity index (χ4n) is 6.00. The lowest BCUT2D eigenvalue weighted by Crippen LogP contribution is -2.58. The zero-order chi connectivity index (χ0) is 27.9. The Hall–Kier alpha value is -3.06. The largest absolute Gasteiger partial charge is 0.354 e. The van der Waals surface area contributed by atoms with E-state index in [0.717, 1.165) is 48.0 Å². The van der Waals surface area contributed by atoms with Gasteiger partial charge in [-0.1, -0.05) is 6.07 Å². The highest BCUT2D eigenvalue weighted by atomic mass is 28.1. The van der Waals surface area contributed by atoms with Gasteiger partial charge in [0, 0.05) is 54.7 Å². The molecule has 0 spiro atoms. The summed E-state index contributed by atoms with van der Waals surface area (Å²) in [6.45, 7) is 4.92. The maximum absolute atomic E-state index is 12.9. The maximum Gasteiger partial charge on any atom is 0.354 e. The third-order valence-corrected chi connectivity index (χ3v) is 9.00. The van der Waals surface area contributed by atoms with Gasteiger partial charge in [-0.2, -0.15) is 4.98 Å². The molecule has 2 heterocycles. The Labute approximate surface area is 231 Å². The van der Waals surface area contributed by atoms with E-state index in [1.54, 1.807) is 35.9 Å². The zero-order valence-corrected chi connectivity index (χ0v) is 25.1. The number of carbonyl (C=O) groups is 2. The van der Waals surface area contributed by atoms with Crippen LogP contribution in [-0.4, -0.2) is 90.5 Å².